The highest BCUT2D eigenvalue weighted by atomic mass is 32.2. The quantitative estimate of drug-likeness (QED) is 0.784. The van der Waals surface area contributed by atoms with Gasteiger partial charge in [0.25, 0.3) is 9.84 Å². The number of hydrogen-bond donors (Lipinski definition) is 1. The van der Waals surface area contributed by atoms with E-state index in [1.54, 1.807) is 12.1 Å². The van der Waals surface area contributed by atoms with Gasteiger partial charge in [-0.05, 0) is 35.9 Å². The first-order chi connectivity index (χ1) is 11.5. The molecule has 0 spiro atoms. The van der Waals surface area contributed by atoms with Crippen LogP contribution in [0.3, 0.4) is 0 Å². The van der Waals surface area contributed by atoms with E-state index < -0.39 is 42.5 Å². The van der Waals surface area contributed by atoms with E-state index in [4.69, 9.17) is 0 Å². The third kappa shape index (κ3) is 4.57. The minimum Gasteiger partial charge on any atom is -0.354 e. The van der Waals surface area contributed by atoms with Crippen molar-refractivity contribution in [3.05, 3.63) is 53.8 Å². The van der Waals surface area contributed by atoms with Crippen molar-refractivity contribution in [3.8, 4) is 0 Å². The summed E-state index contributed by atoms with van der Waals surface area (Å²) in [5.41, 5.74) is -5.03. The van der Waals surface area contributed by atoms with Gasteiger partial charge in [0.05, 0.1) is 5.69 Å². The zero-order chi connectivity index (χ0) is 18.8. The first-order valence-corrected chi connectivity index (χ1v) is 9.98. The average molecular weight is 395 g/mol. The van der Waals surface area contributed by atoms with Crippen LogP contribution in [-0.2, 0) is 26.4 Å². The number of hydrogen-bond acceptors (Lipinski definition) is 4. The van der Waals surface area contributed by atoms with Gasteiger partial charge in [-0.2, -0.15) is 13.2 Å². The smallest absolute Gasteiger partial charge is 0.354 e. The van der Waals surface area contributed by atoms with E-state index in [1.807, 2.05) is 0 Å². The normalized spacial score (nSPS) is 13.5. The summed E-state index contributed by atoms with van der Waals surface area (Å²) in [5.74, 6) is -0.879. The van der Waals surface area contributed by atoms with Gasteiger partial charge >= 0.3 is 5.51 Å². The fraction of sp³-hybridized carbons (Fsp3) is 0.200. The van der Waals surface area contributed by atoms with Crippen LogP contribution in [0, 0.1) is 5.82 Å². The number of sulfone groups is 1. The summed E-state index contributed by atoms with van der Waals surface area (Å²) in [6.45, 7) is 0. The van der Waals surface area contributed by atoms with Crippen molar-refractivity contribution in [2.75, 3.05) is 11.6 Å². The van der Waals surface area contributed by atoms with Crippen molar-refractivity contribution in [3.63, 3.8) is 0 Å². The van der Waals surface area contributed by atoms with E-state index in [2.05, 4.69) is 5.32 Å². The lowest BCUT2D eigenvalue weighted by molar-refractivity contribution is -0.0435. The maximum atomic E-state index is 13.3. The zero-order valence-electron chi connectivity index (χ0n) is 12.8. The van der Waals surface area contributed by atoms with Crippen LogP contribution in [0.15, 0.2) is 47.4 Å². The van der Waals surface area contributed by atoms with Gasteiger partial charge in [-0.1, -0.05) is 12.1 Å². The lowest BCUT2D eigenvalue weighted by atomic mass is 10.2. The number of anilines is 2. The van der Waals surface area contributed by atoms with Crippen molar-refractivity contribution in [1.82, 2.24) is 0 Å². The summed E-state index contributed by atoms with van der Waals surface area (Å²) in [6.07, 6.45) is 1.49. The van der Waals surface area contributed by atoms with Crippen molar-refractivity contribution in [1.29, 1.82) is 0 Å². The predicted octanol–water partition coefficient (Wildman–Crippen LogP) is 3.74. The van der Waals surface area contributed by atoms with E-state index in [-0.39, 0.29) is 11.4 Å². The minimum absolute atomic E-state index is 0.229. The van der Waals surface area contributed by atoms with E-state index in [0.717, 1.165) is 12.1 Å². The molecule has 0 radical (unpaired) electrons. The van der Waals surface area contributed by atoms with Crippen LogP contribution in [0.5, 0.6) is 0 Å². The fourth-order valence-corrected chi connectivity index (χ4v) is 3.65. The molecule has 1 unspecified atom stereocenters. The molecular formula is C15H13F4NO3S2. The molecule has 0 heterocycles. The highest BCUT2D eigenvalue weighted by Gasteiger charge is 2.48. The number of alkyl halides is 3. The Labute approximate surface area is 144 Å². The molecule has 0 aromatic heterocycles. The Morgan fingerprint density at radius 1 is 1.12 bits per heavy atom. The predicted molar refractivity (Wildman–Crippen MR) is 87.1 cm³/mol. The molecule has 0 bridgehead atoms. The van der Waals surface area contributed by atoms with E-state index in [9.17, 15) is 30.2 Å². The van der Waals surface area contributed by atoms with Gasteiger partial charge in [0, 0.05) is 28.5 Å². The molecule has 2 aromatic carbocycles. The summed E-state index contributed by atoms with van der Waals surface area (Å²) >= 11 is 0. The molecule has 0 saturated carbocycles. The molecule has 2 aromatic rings. The number of rotatable bonds is 5. The van der Waals surface area contributed by atoms with Crippen LogP contribution in [0.4, 0.5) is 28.9 Å². The Balaban J connectivity index is 2.47. The van der Waals surface area contributed by atoms with Gasteiger partial charge in [-0.3, -0.25) is 4.21 Å². The second-order valence-electron chi connectivity index (χ2n) is 5.13. The molecule has 2 rings (SSSR count). The molecule has 4 nitrogen and oxygen atoms in total. The number of halogens is 4. The van der Waals surface area contributed by atoms with E-state index in [1.165, 1.54) is 18.4 Å². The van der Waals surface area contributed by atoms with Crippen molar-refractivity contribution < 1.29 is 30.2 Å². The highest BCUT2D eigenvalue weighted by molar-refractivity contribution is 7.92. The molecule has 0 aliphatic heterocycles. The Bertz CT molecular complexity index is 911. The van der Waals surface area contributed by atoms with E-state index in [0.29, 0.717) is 11.6 Å². The summed E-state index contributed by atoms with van der Waals surface area (Å²) in [5, 5.41) is 2.55. The van der Waals surface area contributed by atoms with Crippen LogP contribution in [0.1, 0.15) is 5.56 Å². The molecular weight excluding hydrogens is 382 g/mol. The molecule has 1 N–H and O–H groups in total. The third-order valence-electron chi connectivity index (χ3n) is 3.11. The van der Waals surface area contributed by atoms with Crippen LogP contribution in [0.25, 0.3) is 0 Å². The molecule has 0 fully saturated rings. The summed E-state index contributed by atoms with van der Waals surface area (Å²) < 4.78 is 86.3. The molecule has 136 valence electrons. The fourth-order valence-electron chi connectivity index (χ4n) is 2.08. The SMILES string of the molecule is CS(=O)Cc1cccc(Nc2ccc(F)cc2S(=O)(=O)C(F)(F)F)c1. The molecule has 25 heavy (non-hydrogen) atoms. The first kappa shape index (κ1) is 19.4. The van der Waals surface area contributed by atoms with Gasteiger partial charge in [0.2, 0.25) is 0 Å². The van der Waals surface area contributed by atoms with Crippen LogP contribution in [0.2, 0.25) is 0 Å². The van der Waals surface area contributed by atoms with Gasteiger partial charge in [-0.25, -0.2) is 12.8 Å². The Morgan fingerprint density at radius 2 is 1.80 bits per heavy atom. The number of nitrogens with one attached hydrogen (secondary N) is 1. The Morgan fingerprint density at radius 3 is 2.40 bits per heavy atom. The van der Waals surface area contributed by atoms with E-state index >= 15 is 0 Å². The molecule has 0 aliphatic carbocycles. The topological polar surface area (TPSA) is 63.2 Å². The lowest BCUT2D eigenvalue weighted by Crippen LogP contribution is -2.24. The number of benzene rings is 2. The Hall–Kier alpha value is -1.94. The van der Waals surface area contributed by atoms with Crippen molar-refractivity contribution in [2.45, 2.75) is 16.2 Å². The van der Waals surface area contributed by atoms with Gasteiger partial charge in [0.15, 0.2) is 0 Å². The standard InChI is InChI=1S/C15H13F4NO3S2/c1-24(21)9-10-3-2-4-12(7-10)20-13-6-5-11(16)8-14(13)25(22,23)15(17,18)19/h2-8,20H,9H2,1H3. The maximum absolute atomic E-state index is 13.3. The molecule has 0 aliphatic rings. The second-order valence-corrected chi connectivity index (χ2v) is 8.48. The van der Waals surface area contributed by atoms with Gasteiger partial charge < -0.3 is 5.32 Å². The molecule has 10 heteroatoms. The van der Waals surface area contributed by atoms with Crippen LogP contribution >= 0.6 is 0 Å². The summed E-state index contributed by atoms with van der Waals surface area (Å²) in [4.78, 5) is -1.20. The third-order valence-corrected chi connectivity index (χ3v) is 5.38. The van der Waals surface area contributed by atoms with Crippen molar-refractivity contribution in [2.24, 2.45) is 0 Å². The highest BCUT2D eigenvalue weighted by Crippen LogP contribution is 2.36. The van der Waals surface area contributed by atoms with Gasteiger partial charge in [0.1, 0.15) is 10.7 Å². The first-order valence-electron chi connectivity index (χ1n) is 6.77. The monoisotopic (exact) mass is 395 g/mol. The average Bonchev–Trinajstić information content (AvgIpc) is 2.47. The van der Waals surface area contributed by atoms with Gasteiger partial charge in [-0.15, -0.1) is 0 Å². The Kier molecular flexibility index (Phi) is 5.52. The summed E-state index contributed by atoms with van der Waals surface area (Å²) in [6, 6.07) is 8.35. The van der Waals surface area contributed by atoms with Crippen LogP contribution < -0.4 is 5.32 Å². The lowest BCUT2D eigenvalue weighted by Gasteiger charge is -2.15. The minimum atomic E-state index is -5.73. The second kappa shape index (κ2) is 7.12. The largest absolute Gasteiger partial charge is 0.501 e. The zero-order valence-corrected chi connectivity index (χ0v) is 14.4. The molecule has 0 amide bonds. The summed E-state index contributed by atoms with van der Waals surface area (Å²) in [7, 11) is -6.86. The van der Waals surface area contributed by atoms with Crippen molar-refractivity contribution >= 4 is 32.0 Å². The molecule has 0 saturated heterocycles. The molecule has 1 atom stereocenters. The van der Waals surface area contributed by atoms with Crippen LogP contribution in [-0.4, -0.2) is 24.4 Å². The maximum Gasteiger partial charge on any atom is 0.501 e.